The Morgan fingerprint density at radius 2 is 1.38 bits per heavy atom. The molecule has 0 spiro atoms. The van der Waals surface area contributed by atoms with Crippen molar-refractivity contribution < 1.29 is 9.59 Å². The minimum absolute atomic E-state index is 0.0660. The molecule has 0 N–H and O–H groups in total. The number of Topliss-reactive ketones (excluding diaryl/α,β-unsaturated/α-hetero) is 2. The van der Waals surface area contributed by atoms with Crippen molar-refractivity contribution in [1.82, 2.24) is 0 Å². The first-order valence-electron chi connectivity index (χ1n) is 5.01. The molecule has 0 saturated heterocycles. The van der Waals surface area contributed by atoms with Crippen molar-refractivity contribution >= 4 is 11.6 Å². The van der Waals surface area contributed by atoms with Gasteiger partial charge in [-0.25, -0.2) is 0 Å². The summed E-state index contributed by atoms with van der Waals surface area (Å²) in [5, 5.41) is 0. The molecular weight excluding hydrogens is 164 g/mol. The van der Waals surface area contributed by atoms with Crippen molar-refractivity contribution in [2.75, 3.05) is 0 Å². The molecule has 0 aliphatic heterocycles. The lowest BCUT2D eigenvalue weighted by Crippen LogP contribution is -2.37. The first kappa shape index (κ1) is 7.48. The van der Waals surface area contributed by atoms with Gasteiger partial charge in [-0.2, -0.15) is 0 Å². The lowest BCUT2D eigenvalue weighted by atomic mass is 9.72. The number of allylic oxidation sites excluding steroid dienone is 2. The van der Waals surface area contributed by atoms with Crippen LogP contribution in [0.25, 0.3) is 0 Å². The van der Waals surface area contributed by atoms with Crippen LogP contribution in [-0.4, -0.2) is 11.6 Å². The average Bonchev–Trinajstić information content (AvgIpc) is 2.70. The fourth-order valence-corrected chi connectivity index (χ4v) is 3.28. The Morgan fingerprint density at radius 3 is 1.85 bits per heavy atom. The van der Waals surface area contributed by atoms with E-state index in [0.29, 0.717) is 36.2 Å². The standard InChI is InChI=1S/C11H12O2/c12-8-3-4-9(13)11-7-2-1-6(5-7)10(8)11/h1-2,6-7,10-11H,3-5H2/t6-,7+,10-,11+. The summed E-state index contributed by atoms with van der Waals surface area (Å²) in [6.07, 6.45) is 6.33. The van der Waals surface area contributed by atoms with E-state index in [1.807, 2.05) is 0 Å². The number of carbonyl (C=O) groups is 2. The highest BCUT2D eigenvalue weighted by molar-refractivity contribution is 5.97. The minimum atomic E-state index is 0.0660. The monoisotopic (exact) mass is 176 g/mol. The summed E-state index contributed by atoms with van der Waals surface area (Å²) < 4.78 is 0. The molecule has 4 atom stereocenters. The average molecular weight is 176 g/mol. The molecule has 3 rings (SSSR count). The van der Waals surface area contributed by atoms with E-state index in [-0.39, 0.29) is 11.8 Å². The summed E-state index contributed by atoms with van der Waals surface area (Å²) in [4.78, 5) is 23.3. The molecule has 3 aliphatic carbocycles. The van der Waals surface area contributed by atoms with E-state index in [4.69, 9.17) is 0 Å². The Labute approximate surface area is 77.0 Å². The highest BCUT2D eigenvalue weighted by Crippen LogP contribution is 2.51. The third-order valence-corrected chi connectivity index (χ3v) is 3.82. The van der Waals surface area contributed by atoms with Gasteiger partial charge in [0.2, 0.25) is 0 Å². The summed E-state index contributed by atoms with van der Waals surface area (Å²) in [5.41, 5.74) is 0. The Bertz CT molecular complexity index is 286. The van der Waals surface area contributed by atoms with Gasteiger partial charge in [-0.15, -0.1) is 0 Å². The van der Waals surface area contributed by atoms with Crippen LogP contribution in [0.5, 0.6) is 0 Å². The van der Waals surface area contributed by atoms with Crippen LogP contribution in [0.2, 0.25) is 0 Å². The smallest absolute Gasteiger partial charge is 0.137 e. The van der Waals surface area contributed by atoms with Gasteiger partial charge in [-0.1, -0.05) is 12.2 Å². The number of carbonyl (C=O) groups excluding carboxylic acids is 2. The van der Waals surface area contributed by atoms with E-state index in [9.17, 15) is 9.59 Å². The molecule has 2 saturated carbocycles. The zero-order chi connectivity index (χ0) is 9.00. The summed E-state index contributed by atoms with van der Waals surface area (Å²) in [6.45, 7) is 0. The number of ketones is 2. The molecule has 13 heavy (non-hydrogen) atoms. The van der Waals surface area contributed by atoms with Crippen molar-refractivity contribution in [3.63, 3.8) is 0 Å². The predicted molar refractivity (Wildman–Crippen MR) is 47.0 cm³/mol. The van der Waals surface area contributed by atoms with Crippen LogP contribution in [0.3, 0.4) is 0 Å². The zero-order valence-corrected chi connectivity index (χ0v) is 7.40. The summed E-state index contributed by atoms with van der Waals surface area (Å²) in [7, 11) is 0. The summed E-state index contributed by atoms with van der Waals surface area (Å²) >= 11 is 0. The Morgan fingerprint density at radius 1 is 0.923 bits per heavy atom. The van der Waals surface area contributed by atoms with E-state index in [2.05, 4.69) is 12.2 Å². The maximum absolute atomic E-state index is 11.6. The fourth-order valence-electron chi connectivity index (χ4n) is 3.28. The van der Waals surface area contributed by atoms with Crippen LogP contribution in [-0.2, 0) is 9.59 Å². The van der Waals surface area contributed by atoms with Gasteiger partial charge in [0.05, 0.1) is 0 Å². The van der Waals surface area contributed by atoms with E-state index in [0.717, 1.165) is 6.42 Å². The number of fused-ring (bicyclic) bond motifs is 5. The van der Waals surface area contributed by atoms with Gasteiger partial charge in [0.1, 0.15) is 11.6 Å². The molecule has 0 amide bonds. The van der Waals surface area contributed by atoms with Gasteiger partial charge in [0, 0.05) is 24.7 Å². The SMILES string of the molecule is O=C1CCC(=O)[C@H]2[C@@H]1[C@@H]1C=C[C@H]2C1. The van der Waals surface area contributed by atoms with E-state index in [1.165, 1.54) is 0 Å². The molecular formula is C11H12O2. The fraction of sp³-hybridized carbons (Fsp3) is 0.636. The van der Waals surface area contributed by atoms with Crippen LogP contribution >= 0.6 is 0 Å². The first-order chi connectivity index (χ1) is 6.27. The van der Waals surface area contributed by atoms with Crippen molar-refractivity contribution in [3.8, 4) is 0 Å². The van der Waals surface area contributed by atoms with Crippen LogP contribution in [0.15, 0.2) is 12.2 Å². The minimum Gasteiger partial charge on any atom is -0.299 e. The third-order valence-electron chi connectivity index (χ3n) is 3.82. The van der Waals surface area contributed by atoms with Crippen LogP contribution in [0.4, 0.5) is 0 Å². The summed E-state index contributed by atoms with van der Waals surface area (Å²) in [5.74, 6) is 1.59. The van der Waals surface area contributed by atoms with Gasteiger partial charge in [-0.3, -0.25) is 9.59 Å². The van der Waals surface area contributed by atoms with Gasteiger partial charge < -0.3 is 0 Å². The first-order valence-corrected chi connectivity index (χ1v) is 5.01. The maximum Gasteiger partial charge on any atom is 0.137 e. The zero-order valence-electron chi connectivity index (χ0n) is 7.40. The van der Waals surface area contributed by atoms with Crippen LogP contribution in [0.1, 0.15) is 19.3 Å². The maximum atomic E-state index is 11.6. The highest BCUT2D eigenvalue weighted by Gasteiger charge is 2.52. The molecule has 2 fully saturated rings. The molecule has 0 unspecified atom stereocenters. The van der Waals surface area contributed by atoms with Crippen LogP contribution in [0, 0.1) is 23.7 Å². The largest absolute Gasteiger partial charge is 0.299 e. The van der Waals surface area contributed by atoms with Gasteiger partial charge in [0.25, 0.3) is 0 Å². The Kier molecular flexibility index (Phi) is 1.33. The van der Waals surface area contributed by atoms with Crippen molar-refractivity contribution in [3.05, 3.63) is 12.2 Å². The lowest BCUT2D eigenvalue weighted by molar-refractivity contribution is -0.138. The Balaban J connectivity index is 2.03. The molecule has 68 valence electrons. The van der Waals surface area contributed by atoms with E-state index in [1.54, 1.807) is 0 Å². The molecule has 0 aromatic heterocycles. The van der Waals surface area contributed by atoms with E-state index < -0.39 is 0 Å². The van der Waals surface area contributed by atoms with Crippen molar-refractivity contribution in [2.45, 2.75) is 19.3 Å². The molecule has 2 nitrogen and oxygen atoms in total. The number of hydrogen-bond acceptors (Lipinski definition) is 2. The molecule has 2 heteroatoms. The van der Waals surface area contributed by atoms with E-state index >= 15 is 0 Å². The molecule has 0 aromatic rings. The molecule has 0 radical (unpaired) electrons. The van der Waals surface area contributed by atoms with Gasteiger partial charge in [0.15, 0.2) is 0 Å². The molecule has 0 heterocycles. The predicted octanol–water partition coefficient (Wildman–Crippen LogP) is 1.36. The molecule has 3 aliphatic rings. The van der Waals surface area contributed by atoms with Crippen molar-refractivity contribution in [1.29, 1.82) is 0 Å². The number of hydrogen-bond donors (Lipinski definition) is 0. The Hall–Kier alpha value is -0.920. The second kappa shape index (κ2) is 2.31. The third kappa shape index (κ3) is 0.835. The number of rotatable bonds is 0. The van der Waals surface area contributed by atoms with Crippen LogP contribution < -0.4 is 0 Å². The van der Waals surface area contributed by atoms with Gasteiger partial charge >= 0.3 is 0 Å². The highest BCUT2D eigenvalue weighted by atomic mass is 16.1. The lowest BCUT2D eigenvalue weighted by Gasteiger charge is -2.29. The second-order valence-electron chi connectivity index (χ2n) is 4.43. The summed E-state index contributed by atoms with van der Waals surface area (Å²) in [6, 6.07) is 0. The topological polar surface area (TPSA) is 34.1 Å². The normalized spacial score (nSPS) is 47.1. The molecule has 0 aromatic carbocycles. The molecule has 2 bridgehead atoms. The quantitative estimate of drug-likeness (QED) is 0.522. The van der Waals surface area contributed by atoms with Crippen molar-refractivity contribution in [2.24, 2.45) is 23.7 Å². The second-order valence-corrected chi connectivity index (χ2v) is 4.43. The van der Waals surface area contributed by atoms with Gasteiger partial charge in [-0.05, 0) is 18.3 Å².